The van der Waals surface area contributed by atoms with Gasteiger partial charge in [0.15, 0.2) is 0 Å². The van der Waals surface area contributed by atoms with E-state index >= 15 is 0 Å². The van der Waals surface area contributed by atoms with Gasteiger partial charge in [0.2, 0.25) is 0 Å². The highest BCUT2D eigenvalue weighted by molar-refractivity contribution is 7.14. The number of nitrogens with zero attached hydrogens (tertiary/aromatic N) is 1. The fourth-order valence-electron chi connectivity index (χ4n) is 1.12. The molecule has 6 heteroatoms. The molecule has 0 saturated carbocycles. The van der Waals surface area contributed by atoms with Crippen molar-refractivity contribution in [3.05, 3.63) is 32.4 Å². The quantitative estimate of drug-likeness (QED) is 0.854. The zero-order chi connectivity index (χ0) is 11.5. The van der Waals surface area contributed by atoms with Crippen LogP contribution in [0.4, 0.5) is 5.69 Å². The van der Waals surface area contributed by atoms with Gasteiger partial charge in [0.1, 0.15) is 11.5 Å². The Morgan fingerprint density at radius 2 is 2.44 bits per heavy atom. The van der Waals surface area contributed by atoms with Crippen molar-refractivity contribution in [2.75, 3.05) is 5.73 Å². The molecule has 0 bridgehead atoms. The van der Waals surface area contributed by atoms with Gasteiger partial charge in [-0.15, -0.1) is 22.7 Å². The second-order valence-corrected chi connectivity index (χ2v) is 5.39. The summed E-state index contributed by atoms with van der Waals surface area (Å²) in [5.74, 6) is -0.335. The average molecular weight is 254 g/mol. The Morgan fingerprint density at radius 1 is 1.62 bits per heavy atom. The normalized spacial score (nSPS) is 10.3. The molecule has 2 aromatic rings. The molecule has 0 aliphatic heterocycles. The van der Waals surface area contributed by atoms with Crippen LogP contribution in [0.5, 0.6) is 0 Å². The van der Waals surface area contributed by atoms with Crippen molar-refractivity contribution in [3.63, 3.8) is 0 Å². The van der Waals surface area contributed by atoms with Crippen LogP contribution in [0.25, 0.3) is 0 Å². The lowest BCUT2D eigenvalue weighted by molar-refractivity contribution is 0.0482. The van der Waals surface area contributed by atoms with E-state index in [9.17, 15) is 4.79 Å². The summed E-state index contributed by atoms with van der Waals surface area (Å²) in [6.45, 7) is 2.14. The summed E-state index contributed by atoms with van der Waals surface area (Å²) in [6, 6.07) is 1.65. The van der Waals surface area contributed by atoms with E-state index < -0.39 is 0 Å². The van der Waals surface area contributed by atoms with Crippen LogP contribution < -0.4 is 5.73 Å². The van der Waals surface area contributed by atoms with E-state index in [-0.39, 0.29) is 12.6 Å². The Kier molecular flexibility index (Phi) is 3.21. The van der Waals surface area contributed by atoms with Crippen molar-refractivity contribution < 1.29 is 9.53 Å². The molecule has 2 N–H and O–H groups in total. The minimum absolute atomic E-state index is 0.264. The van der Waals surface area contributed by atoms with Gasteiger partial charge in [-0.25, -0.2) is 4.79 Å². The first-order valence-electron chi connectivity index (χ1n) is 4.57. The molecular formula is C10H10N2O2S2. The molecule has 0 spiro atoms. The zero-order valence-corrected chi connectivity index (χ0v) is 10.2. The Morgan fingerprint density at radius 3 is 3.00 bits per heavy atom. The number of anilines is 1. The maximum atomic E-state index is 11.6. The maximum Gasteiger partial charge on any atom is 0.348 e. The topological polar surface area (TPSA) is 65.2 Å². The first kappa shape index (κ1) is 11.1. The van der Waals surface area contributed by atoms with Crippen molar-refractivity contribution in [1.82, 2.24) is 4.98 Å². The fourth-order valence-corrected chi connectivity index (χ4v) is 2.46. The van der Waals surface area contributed by atoms with Crippen LogP contribution in [0.15, 0.2) is 17.8 Å². The van der Waals surface area contributed by atoms with Crippen LogP contribution in [0, 0.1) is 6.92 Å². The summed E-state index contributed by atoms with van der Waals surface area (Å²) in [7, 11) is 0. The number of hydrogen-bond acceptors (Lipinski definition) is 6. The summed E-state index contributed by atoms with van der Waals surface area (Å²) >= 11 is 2.81. The number of nitrogen functional groups attached to an aromatic ring is 1. The molecule has 0 aromatic carbocycles. The van der Waals surface area contributed by atoms with Gasteiger partial charge in [0, 0.05) is 16.8 Å². The standard InChI is InChI=1S/C10H10N2O2S2/c1-6-8(11)2-9(16-6)10(13)14-4-7-3-12-5-15-7/h2-3,5H,4,11H2,1H3. The third kappa shape index (κ3) is 2.40. The van der Waals surface area contributed by atoms with Gasteiger partial charge < -0.3 is 10.5 Å². The SMILES string of the molecule is Cc1sc(C(=O)OCc2cncs2)cc1N. The van der Waals surface area contributed by atoms with Crippen LogP contribution in [0.3, 0.4) is 0 Å². The lowest BCUT2D eigenvalue weighted by Crippen LogP contribution is -2.02. The number of aryl methyl sites for hydroxylation is 1. The van der Waals surface area contributed by atoms with Crippen LogP contribution in [-0.4, -0.2) is 11.0 Å². The maximum absolute atomic E-state index is 11.6. The number of nitrogens with two attached hydrogens (primary N) is 1. The molecule has 0 aliphatic carbocycles. The lowest BCUT2D eigenvalue weighted by atomic mass is 10.4. The molecule has 84 valence electrons. The molecule has 0 aliphatic rings. The van der Waals surface area contributed by atoms with E-state index in [1.165, 1.54) is 22.7 Å². The minimum atomic E-state index is -0.335. The Hall–Kier alpha value is -1.40. The van der Waals surface area contributed by atoms with E-state index in [2.05, 4.69) is 4.98 Å². The number of esters is 1. The van der Waals surface area contributed by atoms with Crippen molar-refractivity contribution in [1.29, 1.82) is 0 Å². The fraction of sp³-hybridized carbons (Fsp3) is 0.200. The summed E-state index contributed by atoms with van der Waals surface area (Å²) in [5.41, 5.74) is 8.00. The van der Waals surface area contributed by atoms with Gasteiger partial charge in [0.25, 0.3) is 0 Å². The first-order chi connectivity index (χ1) is 7.66. The van der Waals surface area contributed by atoms with Gasteiger partial charge >= 0.3 is 5.97 Å². The largest absolute Gasteiger partial charge is 0.456 e. The third-order valence-corrected chi connectivity index (χ3v) is 3.79. The minimum Gasteiger partial charge on any atom is -0.456 e. The van der Waals surface area contributed by atoms with Gasteiger partial charge in [-0.2, -0.15) is 0 Å². The van der Waals surface area contributed by atoms with Crippen LogP contribution in [-0.2, 0) is 11.3 Å². The highest BCUT2D eigenvalue weighted by Crippen LogP contribution is 2.24. The molecule has 0 atom stereocenters. The number of thiazole rings is 1. The molecule has 2 heterocycles. The molecule has 0 unspecified atom stereocenters. The Labute approximate surface area is 101 Å². The summed E-state index contributed by atoms with van der Waals surface area (Å²) < 4.78 is 5.13. The molecule has 0 fully saturated rings. The van der Waals surface area contributed by atoms with E-state index in [1.54, 1.807) is 17.8 Å². The number of rotatable bonds is 3. The molecule has 16 heavy (non-hydrogen) atoms. The van der Waals surface area contributed by atoms with Gasteiger partial charge in [-0.3, -0.25) is 4.98 Å². The smallest absolute Gasteiger partial charge is 0.348 e. The second-order valence-electron chi connectivity index (χ2n) is 3.17. The molecule has 0 radical (unpaired) electrons. The summed E-state index contributed by atoms with van der Waals surface area (Å²) in [5, 5.41) is 0. The number of ether oxygens (including phenoxy) is 1. The number of carbonyl (C=O) groups excluding carboxylic acids is 1. The molecular weight excluding hydrogens is 244 g/mol. The Bertz CT molecular complexity index is 471. The van der Waals surface area contributed by atoms with Gasteiger partial charge in [0.05, 0.1) is 10.4 Å². The lowest BCUT2D eigenvalue weighted by Gasteiger charge is -1.99. The summed E-state index contributed by atoms with van der Waals surface area (Å²) in [6.07, 6.45) is 1.69. The molecule has 0 saturated heterocycles. The first-order valence-corrected chi connectivity index (χ1v) is 6.27. The number of thiophene rings is 1. The van der Waals surface area contributed by atoms with Gasteiger partial charge in [-0.05, 0) is 13.0 Å². The average Bonchev–Trinajstić information content (AvgIpc) is 2.86. The highest BCUT2D eigenvalue weighted by atomic mass is 32.1. The predicted molar refractivity (Wildman–Crippen MR) is 64.7 cm³/mol. The van der Waals surface area contributed by atoms with Crippen LogP contribution >= 0.6 is 22.7 Å². The number of aromatic nitrogens is 1. The molecule has 2 aromatic heterocycles. The van der Waals surface area contributed by atoms with Crippen LogP contribution in [0.1, 0.15) is 19.4 Å². The van der Waals surface area contributed by atoms with E-state index in [0.717, 1.165) is 9.75 Å². The van der Waals surface area contributed by atoms with Crippen molar-refractivity contribution >= 4 is 34.3 Å². The van der Waals surface area contributed by atoms with Crippen molar-refractivity contribution in [2.24, 2.45) is 0 Å². The highest BCUT2D eigenvalue weighted by Gasteiger charge is 2.12. The van der Waals surface area contributed by atoms with E-state index in [4.69, 9.17) is 10.5 Å². The predicted octanol–water partition coefficient (Wildman–Crippen LogP) is 2.45. The second kappa shape index (κ2) is 4.63. The number of carbonyl (C=O) groups is 1. The van der Waals surface area contributed by atoms with Crippen LogP contribution in [0.2, 0.25) is 0 Å². The van der Waals surface area contributed by atoms with E-state index in [0.29, 0.717) is 10.6 Å². The van der Waals surface area contributed by atoms with Crippen molar-refractivity contribution in [2.45, 2.75) is 13.5 Å². The van der Waals surface area contributed by atoms with Gasteiger partial charge in [-0.1, -0.05) is 0 Å². The van der Waals surface area contributed by atoms with Crippen molar-refractivity contribution in [3.8, 4) is 0 Å². The molecule has 2 rings (SSSR count). The zero-order valence-electron chi connectivity index (χ0n) is 8.60. The number of hydrogen-bond donors (Lipinski definition) is 1. The monoisotopic (exact) mass is 254 g/mol. The molecule has 0 amide bonds. The molecule has 4 nitrogen and oxygen atoms in total. The Balaban J connectivity index is 1.98. The summed E-state index contributed by atoms with van der Waals surface area (Å²) in [4.78, 5) is 17.9. The third-order valence-electron chi connectivity index (χ3n) is 1.99. The van der Waals surface area contributed by atoms with E-state index in [1.807, 2.05) is 6.92 Å².